The Bertz CT molecular complexity index is 323. The van der Waals surface area contributed by atoms with Gasteiger partial charge in [0.1, 0.15) is 0 Å². The van der Waals surface area contributed by atoms with Gasteiger partial charge in [0.15, 0.2) is 0 Å². The maximum Gasteiger partial charge on any atom is 0.0414 e. The van der Waals surface area contributed by atoms with Crippen molar-refractivity contribution in [1.82, 2.24) is 5.32 Å². The lowest BCUT2D eigenvalue weighted by molar-refractivity contribution is 0.603. The Kier molecular flexibility index (Phi) is 5.93. The fourth-order valence-corrected chi connectivity index (χ4v) is 2.73. The average molecular weight is 237 g/mol. The molecule has 16 heavy (non-hydrogen) atoms. The number of rotatable bonds is 6. The van der Waals surface area contributed by atoms with Crippen LogP contribution in [0, 0.1) is 13.8 Å². The Balaban J connectivity index is 2.82. The molecule has 2 heteroatoms. The SMILES string of the molecule is CCNC(CSCC)c1ccc(C)cc1C. The molecule has 0 aliphatic heterocycles. The molecule has 1 atom stereocenters. The van der Waals surface area contributed by atoms with Crippen LogP contribution in [0.5, 0.6) is 0 Å². The molecule has 0 aliphatic rings. The zero-order valence-corrected chi connectivity index (χ0v) is 11.7. The van der Waals surface area contributed by atoms with E-state index in [0.29, 0.717) is 6.04 Å². The van der Waals surface area contributed by atoms with Crippen LogP contribution >= 0.6 is 11.8 Å². The maximum atomic E-state index is 3.57. The third kappa shape index (κ3) is 3.84. The van der Waals surface area contributed by atoms with Crippen LogP contribution in [0.15, 0.2) is 18.2 Å². The summed E-state index contributed by atoms with van der Waals surface area (Å²) in [5.41, 5.74) is 4.20. The molecular weight excluding hydrogens is 214 g/mol. The second-order valence-corrected chi connectivity index (χ2v) is 5.45. The quantitative estimate of drug-likeness (QED) is 0.809. The van der Waals surface area contributed by atoms with Crippen molar-refractivity contribution in [3.63, 3.8) is 0 Å². The van der Waals surface area contributed by atoms with E-state index in [0.717, 1.165) is 12.3 Å². The minimum atomic E-state index is 0.496. The molecule has 0 aliphatic carbocycles. The molecule has 90 valence electrons. The van der Waals surface area contributed by atoms with Gasteiger partial charge in [0.2, 0.25) is 0 Å². The van der Waals surface area contributed by atoms with Crippen molar-refractivity contribution in [2.24, 2.45) is 0 Å². The molecule has 0 amide bonds. The van der Waals surface area contributed by atoms with Gasteiger partial charge in [-0.25, -0.2) is 0 Å². The monoisotopic (exact) mass is 237 g/mol. The summed E-state index contributed by atoms with van der Waals surface area (Å²) in [6, 6.07) is 7.25. The molecule has 0 fully saturated rings. The Morgan fingerprint density at radius 2 is 2.00 bits per heavy atom. The average Bonchev–Trinajstić information content (AvgIpc) is 2.25. The molecular formula is C14H23NS. The van der Waals surface area contributed by atoms with Crippen molar-refractivity contribution in [1.29, 1.82) is 0 Å². The summed E-state index contributed by atoms with van der Waals surface area (Å²) in [5.74, 6) is 2.35. The van der Waals surface area contributed by atoms with Crippen LogP contribution in [-0.2, 0) is 0 Å². The molecule has 0 saturated carbocycles. The second-order valence-electron chi connectivity index (χ2n) is 4.13. The van der Waals surface area contributed by atoms with Gasteiger partial charge in [-0.2, -0.15) is 11.8 Å². The summed E-state index contributed by atoms with van der Waals surface area (Å²) in [7, 11) is 0. The summed E-state index contributed by atoms with van der Waals surface area (Å²) in [5, 5.41) is 3.57. The molecule has 1 N–H and O–H groups in total. The lowest BCUT2D eigenvalue weighted by Crippen LogP contribution is -2.23. The number of hydrogen-bond acceptors (Lipinski definition) is 2. The van der Waals surface area contributed by atoms with Gasteiger partial charge in [-0.15, -0.1) is 0 Å². The highest BCUT2D eigenvalue weighted by Crippen LogP contribution is 2.22. The number of benzene rings is 1. The molecule has 1 aromatic rings. The Hall–Kier alpha value is -0.470. The Morgan fingerprint density at radius 1 is 1.25 bits per heavy atom. The van der Waals surface area contributed by atoms with Crippen LogP contribution in [-0.4, -0.2) is 18.1 Å². The zero-order chi connectivity index (χ0) is 12.0. The van der Waals surface area contributed by atoms with Crippen LogP contribution < -0.4 is 5.32 Å². The van der Waals surface area contributed by atoms with Crippen molar-refractivity contribution in [3.05, 3.63) is 34.9 Å². The number of thioether (sulfide) groups is 1. The second kappa shape index (κ2) is 6.97. The number of hydrogen-bond donors (Lipinski definition) is 1. The number of nitrogens with one attached hydrogen (secondary N) is 1. The van der Waals surface area contributed by atoms with Crippen LogP contribution in [0.4, 0.5) is 0 Å². The highest BCUT2D eigenvalue weighted by Gasteiger charge is 2.12. The third-order valence-electron chi connectivity index (χ3n) is 2.74. The van der Waals surface area contributed by atoms with Crippen LogP contribution in [0.1, 0.15) is 36.6 Å². The van der Waals surface area contributed by atoms with Gasteiger partial charge in [0, 0.05) is 11.8 Å². The fraction of sp³-hybridized carbons (Fsp3) is 0.571. The minimum Gasteiger partial charge on any atom is -0.310 e. The standard InChI is InChI=1S/C14H23NS/c1-5-15-14(10-16-6-2)13-8-7-11(3)9-12(13)4/h7-9,14-15H,5-6,10H2,1-4H3. The van der Waals surface area contributed by atoms with Gasteiger partial charge in [-0.05, 0) is 37.3 Å². The highest BCUT2D eigenvalue weighted by molar-refractivity contribution is 7.99. The Morgan fingerprint density at radius 3 is 2.56 bits per heavy atom. The molecule has 0 spiro atoms. The molecule has 1 aromatic carbocycles. The van der Waals surface area contributed by atoms with E-state index in [-0.39, 0.29) is 0 Å². The molecule has 0 saturated heterocycles. The van der Waals surface area contributed by atoms with Crippen molar-refractivity contribution in [2.45, 2.75) is 33.7 Å². The number of aryl methyl sites for hydroxylation is 2. The Labute approximate surface area is 104 Å². The first-order valence-corrected chi connectivity index (χ1v) is 7.22. The van der Waals surface area contributed by atoms with Gasteiger partial charge in [-0.1, -0.05) is 37.6 Å². The molecule has 1 unspecified atom stereocenters. The molecule has 1 nitrogen and oxygen atoms in total. The molecule has 0 heterocycles. The first-order chi connectivity index (χ1) is 7.69. The highest BCUT2D eigenvalue weighted by atomic mass is 32.2. The third-order valence-corrected chi connectivity index (χ3v) is 3.72. The summed E-state index contributed by atoms with van der Waals surface area (Å²) >= 11 is 2.00. The van der Waals surface area contributed by atoms with Gasteiger partial charge >= 0.3 is 0 Å². The lowest BCUT2D eigenvalue weighted by atomic mass is 10.0. The normalized spacial score (nSPS) is 12.8. The van der Waals surface area contributed by atoms with Gasteiger partial charge in [0.25, 0.3) is 0 Å². The molecule has 0 aromatic heterocycles. The predicted octanol–water partition coefficient (Wildman–Crippen LogP) is 3.71. The van der Waals surface area contributed by atoms with E-state index >= 15 is 0 Å². The van der Waals surface area contributed by atoms with E-state index in [1.807, 2.05) is 11.8 Å². The lowest BCUT2D eigenvalue weighted by Gasteiger charge is -2.20. The van der Waals surface area contributed by atoms with E-state index in [2.05, 4.69) is 51.2 Å². The van der Waals surface area contributed by atoms with Crippen molar-refractivity contribution >= 4 is 11.8 Å². The van der Waals surface area contributed by atoms with Crippen molar-refractivity contribution in [2.75, 3.05) is 18.1 Å². The van der Waals surface area contributed by atoms with Gasteiger partial charge in [0.05, 0.1) is 0 Å². The van der Waals surface area contributed by atoms with E-state index in [4.69, 9.17) is 0 Å². The largest absolute Gasteiger partial charge is 0.310 e. The van der Waals surface area contributed by atoms with Crippen LogP contribution in [0.2, 0.25) is 0 Å². The first-order valence-electron chi connectivity index (χ1n) is 6.07. The maximum absolute atomic E-state index is 3.57. The summed E-state index contributed by atoms with van der Waals surface area (Å²) < 4.78 is 0. The van der Waals surface area contributed by atoms with Gasteiger partial charge in [-0.3, -0.25) is 0 Å². The smallest absolute Gasteiger partial charge is 0.0414 e. The first kappa shape index (κ1) is 13.6. The zero-order valence-electron chi connectivity index (χ0n) is 10.8. The topological polar surface area (TPSA) is 12.0 Å². The van der Waals surface area contributed by atoms with Crippen LogP contribution in [0.25, 0.3) is 0 Å². The molecule has 0 bridgehead atoms. The van der Waals surface area contributed by atoms with Crippen molar-refractivity contribution in [3.8, 4) is 0 Å². The van der Waals surface area contributed by atoms with E-state index in [9.17, 15) is 0 Å². The summed E-state index contributed by atoms with van der Waals surface area (Å²) in [6.07, 6.45) is 0. The van der Waals surface area contributed by atoms with Gasteiger partial charge < -0.3 is 5.32 Å². The van der Waals surface area contributed by atoms with E-state index in [1.54, 1.807) is 0 Å². The summed E-state index contributed by atoms with van der Waals surface area (Å²) in [6.45, 7) is 9.79. The molecule has 1 rings (SSSR count). The van der Waals surface area contributed by atoms with Crippen LogP contribution in [0.3, 0.4) is 0 Å². The predicted molar refractivity (Wildman–Crippen MR) is 75.3 cm³/mol. The van der Waals surface area contributed by atoms with E-state index < -0.39 is 0 Å². The van der Waals surface area contributed by atoms with Crippen molar-refractivity contribution < 1.29 is 0 Å². The van der Waals surface area contributed by atoms with E-state index in [1.165, 1.54) is 22.4 Å². The summed E-state index contributed by atoms with van der Waals surface area (Å²) in [4.78, 5) is 0. The minimum absolute atomic E-state index is 0.496. The fourth-order valence-electron chi connectivity index (χ4n) is 1.96. The molecule has 0 radical (unpaired) electrons.